The van der Waals surface area contributed by atoms with Crippen LogP contribution in [0.1, 0.15) is 15.9 Å². The van der Waals surface area contributed by atoms with Crippen LogP contribution in [-0.2, 0) is 6.54 Å². The molecule has 27 heavy (non-hydrogen) atoms. The van der Waals surface area contributed by atoms with E-state index in [1.54, 1.807) is 18.2 Å². The minimum atomic E-state index is -1.08. The Morgan fingerprint density at radius 1 is 0.926 bits per heavy atom. The van der Waals surface area contributed by atoms with Crippen molar-refractivity contribution in [2.45, 2.75) is 6.54 Å². The van der Waals surface area contributed by atoms with Crippen LogP contribution in [0.25, 0.3) is 21.8 Å². The molecule has 1 heterocycles. The summed E-state index contributed by atoms with van der Waals surface area (Å²) >= 11 is 0. The van der Waals surface area contributed by atoms with Gasteiger partial charge in [-0.15, -0.1) is 0 Å². The Morgan fingerprint density at radius 3 is 2.26 bits per heavy atom. The molecular formula is C20H12F4N2O. The van der Waals surface area contributed by atoms with Gasteiger partial charge in [0, 0.05) is 34.0 Å². The van der Waals surface area contributed by atoms with Gasteiger partial charge in [0.25, 0.3) is 0 Å². The number of hydrogen-bond acceptors (Lipinski definition) is 1. The van der Waals surface area contributed by atoms with Crippen molar-refractivity contribution in [1.82, 2.24) is 4.57 Å². The number of nitrogens with zero attached hydrogens (tertiary/aromatic N) is 1. The van der Waals surface area contributed by atoms with Crippen molar-refractivity contribution in [3.63, 3.8) is 0 Å². The lowest BCUT2D eigenvalue weighted by molar-refractivity contribution is 0.100. The van der Waals surface area contributed by atoms with Crippen molar-refractivity contribution in [3.05, 3.63) is 82.9 Å². The van der Waals surface area contributed by atoms with E-state index in [0.29, 0.717) is 28.4 Å². The molecule has 3 aromatic carbocycles. The molecule has 0 bridgehead atoms. The SMILES string of the molecule is NC(=O)c1cccc2c1c1cccc(F)c1n2Cc1c(F)cc(F)cc1F. The number of para-hydroxylation sites is 1. The highest BCUT2D eigenvalue weighted by molar-refractivity contribution is 6.17. The van der Waals surface area contributed by atoms with Crippen molar-refractivity contribution >= 4 is 27.7 Å². The Hall–Kier alpha value is -3.35. The van der Waals surface area contributed by atoms with Crippen molar-refractivity contribution in [3.8, 4) is 0 Å². The third kappa shape index (κ3) is 2.63. The highest BCUT2D eigenvalue weighted by Crippen LogP contribution is 2.34. The van der Waals surface area contributed by atoms with Gasteiger partial charge >= 0.3 is 0 Å². The molecule has 0 saturated carbocycles. The van der Waals surface area contributed by atoms with Gasteiger partial charge in [-0.3, -0.25) is 4.79 Å². The number of amides is 1. The van der Waals surface area contributed by atoms with E-state index in [1.807, 2.05) is 0 Å². The molecule has 2 N–H and O–H groups in total. The molecular weight excluding hydrogens is 360 g/mol. The fourth-order valence-electron chi connectivity index (χ4n) is 3.41. The zero-order valence-corrected chi connectivity index (χ0v) is 13.8. The first-order valence-corrected chi connectivity index (χ1v) is 8.01. The van der Waals surface area contributed by atoms with Crippen LogP contribution in [0.2, 0.25) is 0 Å². The molecule has 0 radical (unpaired) electrons. The first-order chi connectivity index (χ1) is 12.9. The minimum Gasteiger partial charge on any atom is -0.366 e. The van der Waals surface area contributed by atoms with E-state index in [4.69, 9.17) is 5.73 Å². The smallest absolute Gasteiger partial charge is 0.249 e. The van der Waals surface area contributed by atoms with Gasteiger partial charge in [-0.2, -0.15) is 0 Å². The third-order valence-electron chi connectivity index (χ3n) is 4.55. The molecule has 0 aliphatic carbocycles. The van der Waals surface area contributed by atoms with E-state index in [0.717, 1.165) is 0 Å². The number of carbonyl (C=O) groups excluding carboxylic acids is 1. The Kier molecular flexibility index (Phi) is 3.87. The van der Waals surface area contributed by atoms with Gasteiger partial charge in [-0.25, -0.2) is 17.6 Å². The zero-order valence-electron chi connectivity index (χ0n) is 13.8. The molecule has 136 valence electrons. The average molecular weight is 372 g/mol. The second-order valence-electron chi connectivity index (χ2n) is 6.13. The number of nitrogens with two attached hydrogens (primary N) is 1. The molecule has 0 aliphatic rings. The van der Waals surface area contributed by atoms with Crippen LogP contribution in [0, 0.1) is 23.3 Å². The number of rotatable bonds is 3. The Morgan fingerprint density at radius 2 is 1.59 bits per heavy atom. The number of benzene rings is 3. The second-order valence-corrected chi connectivity index (χ2v) is 6.13. The first-order valence-electron chi connectivity index (χ1n) is 8.01. The number of aromatic nitrogens is 1. The van der Waals surface area contributed by atoms with Crippen LogP contribution in [0.4, 0.5) is 17.6 Å². The molecule has 4 rings (SSSR count). The van der Waals surface area contributed by atoms with E-state index in [9.17, 15) is 22.4 Å². The number of halogens is 4. The highest BCUT2D eigenvalue weighted by Gasteiger charge is 2.21. The van der Waals surface area contributed by atoms with Crippen LogP contribution >= 0.6 is 0 Å². The van der Waals surface area contributed by atoms with Crippen LogP contribution < -0.4 is 5.73 Å². The lowest BCUT2D eigenvalue weighted by Gasteiger charge is -2.10. The fraction of sp³-hybridized carbons (Fsp3) is 0.0500. The standard InChI is InChI=1S/C20H12F4N2O/c21-10-7-15(23)13(16(24)8-10)9-26-17-6-2-4-12(20(25)27)18(17)11-3-1-5-14(22)19(11)26/h1-8H,9H2,(H2,25,27). The summed E-state index contributed by atoms with van der Waals surface area (Å²) in [5, 5.41) is 0.782. The third-order valence-corrected chi connectivity index (χ3v) is 4.55. The summed E-state index contributed by atoms with van der Waals surface area (Å²) in [6.07, 6.45) is 0. The number of hydrogen-bond donors (Lipinski definition) is 1. The van der Waals surface area contributed by atoms with Crippen LogP contribution in [0.15, 0.2) is 48.5 Å². The van der Waals surface area contributed by atoms with E-state index in [1.165, 1.54) is 22.8 Å². The number of primary amides is 1. The summed E-state index contributed by atoms with van der Waals surface area (Å²) in [4.78, 5) is 11.8. The van der Waals surface area contributed by atoms with E-state index < -0.39 is 34.7 Å². The van der Waals surface area contributed by atoms with Gasteiger partial charge in [0.05, 0.1) is 17.6 Å². The fourth-order valence-corrected chi connectivity index (χ4v) is 3.41. The number of carbonyl (C=O) groups is 1. The molecule has 0 unspecified atom stereocenters. The number of fused-ring (bicyclic) bond motifs is 3. The average Bonchev–Trinajstić information content (AvgIpc) is 2.93. The molecule has 4 aromatic rings. The van der Waals surface area contributed by atoms with Crippen molar-refractivity contribution in [2.24, 2.45) is 5.73 Å². The largest absolute Gasteiger partial charge is 0.366 e. The normalized spacial score (nSPS) is 11.4. The molecule has 0 spiro atoms. The molecule has 0 atom stereocenters. The Labute approximate surface area is 150 Å². The van der Waals surface area contributed by atoms with Crippen molar-refractivity contribution < 1.29 is 22.4 Å². The molecule has 3 nitrogen and oxygen atoms in total. The molecule has 7 heteroatoms. The molecule has 1 amide bonds. The quantitative estimate of drug-likeness (QED) is 0.529. The van der Waals surface area contributed by atoms with Gasteiger partial charge in [-0.1, -0.05) is 18.2 Å². The summed E-state index contributed by atoms with van der Waals surface area (Å²) in [5.74, 6) is -4.53. The predicted molar refractivity (Wildman–Crippen MR) is 93.3 cm³/mol. The predicted octanol–water partition coefficient (Wildman–Crippen LogP) is 4.50. The van der Waals surface area contributed by atoms with Gasteiger partial charge in [0.1, 0.15) is 23.3 Å². The summed E-state index contributed by atoms with van der Waals surface area (Å²) in [6, 6.07) is 10.1. The van der Waals surface area contributed by atoms with Gasteiger partial charge in [0.2, 0.25) is 5.91 Å². The van der Waals surface area contributed by atoms with Crippen molar-refractivity contribution in [2.75, 3.05) is 0 Å². The summed E-state index contributed by atoms with van der Waals surface area (Å²) in [6.45, 7) is -0.388. The Balaban J connectivity index is 2.09. The lowest BCUT2D eigenvalue weighted by atomic mass is 10.1. The summed E-state index contributed by atoms with van der Waals surface area (Å²) in [5.41, 5.74) is 5.64. The molecule has 0 aliphatic heterocycles. The first kappa shape index (κ1) is 17.1. The van der Waals surface area contributed by atoms with Crippen LogP contribution in [0.3, 0.4) is 0 Å². The van der Waals surface area contributed by atoms with Gasteiger partial charge in [0.15, 0.2) is 0 Å². The maximum atomic E-state index is 14.6. The van der Waals surface area contributed by atoms with E-state index in [-0.39, 0.29) is 17.6 Å². The minimum absolute atomic E-state index is 0.0734. The lowest BCUT2D eigenvalue weighted by Crippen LogP contribution is -2.11. The van der Waals surface area contributed by atoms with Crippen LogP contribution in [-0.4, -0.2) is 10.5 Å². The topological polar surface area (TPSA) is 48.0 Å². The van der Waals surface area contributed by atoms with E-state index >= 15 is 0 Å². The van der Waals surface area contributed by atoms with Gasteiger partial charge in [-0.05, 0) is 18.2 Å². The Bertz CT molecular complexity index is 1210. The maximum absolute atomic E-state index is 14.6. The second kappa shape index (κ2) is 6.12. The summed E-state index contributed by atoms with van der Waals surface area (Å²) < 4.78 is 57.5. The highest BCUT2D eigenvalue weighted by atomic mass is 19.1. The summed E-state index contributed by atoms with van der Waals surface area (Å²) in [7, 11) is 0. The molecule has 0 fully saturated rings. The molecule has 1 aromatic heterocycles. The van der Waals surface area contributed by atoms with E-state index in [2.05, 4.69) is 0 Å². The van der Waals surface area contributed by atoms with Gasteiger partial charge < -0.3 is 10.3 Å². The van der Waals surface area contributed by atoms with Crippen LogP contribution in [0.5, 0.6) is 0 Å². The molecule has 0 saturated heterocycles. The monoisotopic (exact) mass is 372 g/mol. The zero-order chi connectivity index (χ0) is 19.3. The van der Waals surface area contributed by atoms with Crippen molar-refractivity contribution in [1.29, 1.82) is 0 Å². The maximum Gasteiger partial charge on any atom is 0.249 e.